The molecule has 1 aliphatic heterocycles. The Morgan fingerprint density at radius 3 is 1.84 bits per heavy atom. The van der Waals surface area contributed by atoms with Gasteiger partial charge in [0, 0.05) is 24.1 Å². The molecule has 0 saturated carbocycles. The minimum atomic E-state index is -0.874. The Kier molecular flexibility index (Phi) is 11.9. The molecule has 2 heterocycles. The average molecular weight is 752 g/mol. The minimum absolute atomic E-state index is 0.0929. The lowest BCUT2D eigenvalue weighted by atomic mass is 9.91. The molecule has 1 N–H and O–H groups in total. The molecule has 4 atom stereocenters. The molecule has 11 heteroatoms. The van der Waals surface area contributed by atoms with Crippen molar-refractivity contribution in [3.63, 3.8) is 0 Å². The van der Waals surface area contributed by atoms with E-state index < -0.39 is 42.1 Å². The summed E-state index contributed by atoms with van der Waals surface area (Å²) in [4.78, 5) is 44.0. The smallest absolute Gasteiger partial charge is 0.351 e. The first-order valence-electron chi connectivity index (χ1n) is 18.2. The monoisotopic (exact) mass is 751 g/mol. The molecule has 1 fully saturated rings. The van der Waals surface area contributed by atoms with Crippen LogP contribution in [0.5, 0.6) is 11.5 Å². The van der Waals surface area contributed by atoms with Crippen molar-refractivity contribution >= 4 is 17.7 Å². The summed E-state index contributed by atoms with van der Waals surface area (Å²) < 4.78 is 32.0. The van der Waals surface area contributed by atoms with E-state index in [4.69, 9.17) is 23.7 Å². The van der Waals surface area contributed by atoms with Crippen LogP contribution in [0.15, 0.2) is 157 Å². The fourth-order valence-corrected chi connectivity index (χ4v) is 6.76. The van der Waals surface area contributed by atoms with Crippen molar-refractivity contribution < 1.29 is 33.3 Å². The largest absolute Gasteiger partial charge is 0.497 e. The number of esters is 1. The number of nitrogens with zero attached hydrogens (tertiary/aromatic N) is 2. The SMILES string of the molecule is COc1ccc(C(COC(c2ccccc2)C2OC(n3ccc(NC(=O)c4ccccc4)nc3=O)CC2OC(=O)c2ccccc2)c2ccc(OC)cc2)cc1. The van der Waals surface area contributed by atoms with Gasteiger partial charge in [-0.25, -0.2) is 9.59 Å². The van der Waals surface area contributed by atoms with Crippen molar-refractivity contribution in [3.8, 4) is 11.5 Å². The van der Waals surface area contributed by atoms with Gasteiger partial charge in [-0.15, -0.1) is 0 Å². The highest BCUT2D eigenvalue weighted by molar-refractivity contribution is 6.03. The quantitative estimate of drug-likeness (QED) is 0.112. The van der Waals surface area contributed by atoms with Crippen LogP contribution in [0.3, 0.4) is 0 Å². The predicted molar refractivity (Wildman–Crippen MR) is 210 cm³/mol. The third kappa shape index (κ3) is 8.86. The zero-order valence-corrected chi connectivity index (χ0v) is 30.9. The van der Waals surface area contributed by atoms with Crippen LogP contribution >= 0.6 is 0 Å². The van der Waals surface area contributed by atoms with Gasteiger partial charge in [-0.05, 0) is 71.3 Å². The van der Waals surface area contributed by atoms with Gasteiger partial charge in [-0.2, -0.15) is 4.98 Å². The third-order valence-corrected chi connectivity index (χ3v) is 9.71. The van der Waals surface area contributed by atoms with E-state index >= 15 is 0 Å². The highest BCUT2D eigenvalue weighted by Gasteiger charge is 2.45. The number of hydrogen-bond acceptors (Lipinski definition) is 9. The first-order valence-corrected chi connectivity index (χ1v) is 18.2. The highest BCUT2D eigenvalue weighted by Crippen LogP contribution is 2.40. The van der Waals surface area contributed by atoms with Crippen molar-refractivity contribution in [2.75, 3.05) is 26.1 Å². The maximum Gasteiger partial charge on any atom is 0.351 e. The Labute approximate surface area is 324 Å². The maximum absolute atomic E-state index is 13.6. The van der Waals surface area contributed by atoms with E-state index in [0.29, 0.717) is 11.1 Å². The van der Waals surface area contributed by atoms with Crippen LogP contribution in [0.2, 0.25) is 0 Å². The van der Waals surface area contributed by atoms with Crippen LogP contribution in [-0.2, 0) is 14.2 Å². The van der Waals surface area contributed by atoms with E-state index in [1.165, 1.54) is 16.8 Å². The molecule has 1 aromatic heterocycles. The topological polar surface area (TPSA) is 127 Å². The lowest BCUT2D eigenvalue weighted by molar-refractivity contribution is -0.113. The standard InChI is InChI=1S/C45H41N3O8/c1-52-35-22-18-30(19-23-35)37(31-20-24-36(53-2)25-21-31)29-54-41(32-12-6-3-7-13-32)42-38(55-44(50)34-16-10-5-11-17-34)28-40(56-42)48-27-26-39(47-45(48)51)46-43(49)33-14-8-4-9-15-33/h3-27,37-38,40-42H,28-29H2,1-2H3,(H,46,47,49,51). The first kappa shape index (κ1) is 37.7. The second-order valence-corrected chi connectivity index (χ2v) is 13.2. The number of nitrogens with one attached hydrogen (secondary N) is 1. The van der Waals surface area contributed by atoms with Gasteiger partial charge in [0.1, 0.15) is 41.9 Å². The number of benzene rings is 5. The molecule has 1 aliphatic rings. The van der Waals surface area contributed by atoms with Gasteiger partial charge in [0.15, 0.2) is 0 Å². The summed E-state index contributed by atoms with van der Waals surface area (Å²) in [5.41, 5.74) is 2.95. The molecule has 1 saturated heterocycles. The summed E-state index contributed by atoms with van der Waals surface area (Å²) in [6.07, 6.45) is -1.63. The van der Waals surface area contributed by atoms with Gasteiger partial charge in [-0.3, -0.25) is 9.36 Å². The molecule has 0 aliphatic carbocycles. The summed E-state index contributed by atoms with van der Waals surface area (Å²) in [7, 11) is 3.25. The minimum Gasteiger partial charge on any atom is -0.497 e. The number of aromatic nitrogens is 2. The molecule has 1 amide bonds. The van der Waals surface area contributed by atoms with Crippen molar-refractivity contribution in [2.45, 2.75) is 36.9 Å². The van der Waals surface area contributed by atoms with Crippen LogP contribution in [0.4, 0.5) is 5.82 Å². The van der Waals surface area contributed by atoms with E-state index in [0.717, 1.165) is 28.2 Å². The molecule has 56 heavy (non-hydrogen) atoms. The van der Waals surface area contributed by atoms with Gasteiger partial charge in [-0.1, -0.05) is 91.0 Å². The average Bonchev–Trinajstić information content (AvgIpc) is 3.66. The van der Waals surface area contributed by atoms with Crippen LogP contribution in [-0.4, -0.2) is 54.5 Å². The Bertz CT molecular complexity index is 2220. The molecule has 11 nitrogen and oxygen atoms in total. The fraction of sp³-hybridized carbons (Fsp3) is 0.200. The van der Waals surface area contributed by atoms with Gasteiger partial charge >= 0.3 is 11.7 Å². The number of rotatable bonds is 14. The predicted octanol–water partition coefficient (Wildman–Crippen LogP) is 7.62. The normalized spacial score (nSPS) is 16.9. The zero-order chi connectivity index (χ0) is 38.9. The Balaban J connectivity index is 1.20. The second kappa shape index (κ2) is 17.7. The molecule has 6 aromatic rings. The van der Waals surface area contributed by atoms with E-state index in [1.807, 2.05) is 91.0 Å². The van der Waals surface area contributed by atoms with Crippen molar-refractivity contribution in [1.29, 1.82) is 0 Å². The lowest BCUT2D eigenvalue weighted by Crippen LogP contribution is -2.35. The second-order valence-electron chi connectivity index (χ2n) is 13.2. The summed E-state index contributed by atoms with van der Waals surface area (Å²) >= 11 is 0. The van der Waals surface area contributed by atoms with Gasteiger partial charge in [0.2, 0.25) is 0 Å². The molecule has 0 spiro atoms. The van der Waals surface area contributed by atoms with E-state index in [9.17, 15) is 14.4 Å². The number of methoxy groups -OCH3 is 2. The molecule has 5 aromatic carbocycles. The van der Waals surface area contributed by atoms with E-state index in [-0.39, 0.29) is 24.8 Å². The van der Waals surface area contributed by atoms with E-state index in [1.54, 1.807) is 62.8 Å². The number of carbonyl (C=O) groups is 2. The van der Waals surface area contributed by atoms with Gasteiger partial charge < -0.3 is 29.0 Å². The lowest BCUT2D eigenvalue weighted by Gasteiger charge is -2.30. The number of ether oxygens (including phenoxy) is 5. The Morgan fingerprint density at radius 2 is 1.29 bits per heavy atom. The third-order valence-electron chi connectivity index (χ3n) is 9.71. The summed E-state index contributed by atoms with van der Waals surface area (Å²) in [5, 5.41) is 2.68. The van der Waals surface area contributed by atoms with E-state index in [2.05, 4.69) is 10.3 Å². The van der Waals surface area contributed by atoms with Crippen LogP contribution in [0.1, 0.15) is 62.1 Å². The Morgan fingerprint density at radius 1 is 0.732 bits per heavy atom. The maximum atomic E-state index is 13.6. The number of hydrogen-bond donors (Lipinski definition) is 1. The molecular formula is C45H41N3O8. The summed E-state index contributed by atoms with van der Waals surface area (Å²) in [6.45, 7) is 0.222. The molecule has 7 rings (SSSR count). The van der Waals surface area contributed by atoms with Crippen LogP contribution in [0.25, 0.3) is 0 Å². The zero-order valence-electron chi connectivity index (χ0n) is 30.9. The number of anilines is 1. The summed E-state index contributed by atoms with van der Waals surface area (Å²) in [5.74, 6) is 0.410. The van der Waals surface area contributed by atoms with Gasteiger partial charge in [0.25, 0.3) is 5.91 Å². The first-order chi connectivity index (χ1) is 27.4. The fourth-order valence-electron chi connectivity index (χ4n) is 6.76. The molecule has 0 radical (unpaired) electrons. The molecular weight excluding hydrogens is 711 g/mol. The van der Waals surface area contributed by atoms with Crippen LogP contribution < -0.4 is 20.5 Å². The molecule has 0 bridgehead atoms. The molecule has 4 unspecified atom stereocenters. The van der Waals surface area contributed by atoms with Crippen molar-refractivity contribution in [3.05, 3.63) is 190 Å². The Hall–Kier alpha value is -6.56. The van der Waals surface area contributed by atoms with Crippen molar-refractivity contribution in [2.24, 2.45) is 0 Å². The summed E-state index contributed by atoms with van der Waals surface area (Å²) in [6, 6.07) is 44.2. The van der Waals surface area contributed by atoms with Crippen LogP contribution in [0, 0.1) is 0 Å². The number of carbonyl (C=O) groups excluding carboxylic acids is 2. The molecule has 284 valence electrons. The highest BCUT2D eigenvalue weighted by atomic mass is 16.6. The van der Waals surface area contributed by atoms with Gasteiger partial charge in [0.05, 0.1) is 26.4 Å². The van der Waals surface area contributed by atoms with Crippen molar-refractivity contribution in [1.82, 2.24) is 9.55 Å². The number of amides is 1.